The summed E-state index contributed by atoms with van der Waals surface area (Å²) < 4.78 is 100. The van der Waals surface area contributed by atoms with Gasteiger partial charge in [-0.15, -0.1) is 0 Å². The van der Waals surface area contributed by atoms with Gasteiger partial charge >= 0.3 is 6.18 Å². The van der Waals surface area contributed by atoms with Crippen LogP contribution in [0.2, 0.25) is 10.0 Å². The Morgan fingerprint density at radius 3 is 2.29 bits per heavy atom. The van der Waals surface area contributed by atoms with Crippen LogP contribution in [0.15, 0.2) is 54.6 Å². The van der Waals surface area contributed by atoms with Gasteiger partial charge in [-0.1, -0.05) is 47.5 Å². The van der Waals surface area contributed by atoms with Crippen molar-refractivity contribution in [1.29, 1.82) is 0 Å². The third-order valence-corrected chi connectivity index (χ3v) is 7.82. The first-order valence-corrected chi connectivity index (χ1v) is 13.9. The minimum absolute atomic E-state index is 0.0877. The normalized spacial score (nSPS) is 12.8. The summed E-state index contributed by atoms with van der Waals surface area (Å²) in [5.74, 6) is -5.03. The standard InChI is InChI=1S/C26H18Cl2F5N3O5S/c1-12-22(25(38)34-18-8-7-17(29)21(30)24(18)37)35-36(19-9-6-15(27)10-16(19)28)23(12)14-4-2-13(3-5-14)20(42(39,40)41)11-26(31,32)33/h2-10,20,37H,11H2,1H3,(H,34,38)(H,39,40,41). The van der Waals surface area contributed by atoms with Crippen molar-refractivity contribution in [3.8, 4) is 22.7 Å². The monoisotopic (exact) mass is 649 g/mol. The number of amides is 1. The molecule has 1 unspecified atom stereocenters. The van der Waals surface area contributed by atoms with E-state index in [1.807, 2.05) is 0 Å². The zero-order valence-electron chi connectivity index (χ0n) is 21.0. The van der Waals surface area contributed by atoms with E-state index in [1.54, 1.807) is 0 Å². The van der Waals surface area contributed by atoms with Crippen LogP contribution in [0.4, 0.5) is 27.6 Å². The molecule has 0 aliphatic carbocycles. The van der Waals surface area contributed by atoms with Gasteiger partial charge in [-0.3, -0.25) is 9.35 Å². The quantitative estimate of drug-likeness (QED) is 0.110. The van der Waals surface area contributed by atoms with Crippen LogP contribution in [0.1, 0.15) is 33.3 Å². The van der Waals surface area contributed by atoms with Crippen LogP contribution in [0, 0.1) is 18.6 Å². The second-order valence-electron chi connectivity index (χ2n) is 8.99. The largest absolute Gasteiger partial charge is 0.503 e. The summed E-state index contributed by atoms with van der Waals surface area (Å²) in [6, 6.07) is 10.6. The number of benzene rings is 3. The van der Waals surface area contributed by atoms with E-state index in [9.17, 15) is 44.8 Å². The van der Waals surface area contributed by atoms with Gasteiger partial charge in [0.1, 0.15) is 5.25 Å². The van der Waals surface area contributed by atoms with E-state index in [4.69, 9.17) is 23.2 Å². The number of rotatable bonds is 7. The summed E-state index contributed by atoms with van der Waals surface area (Å²) >= 11 is 12.4. The molecular weight excluding hydrogens is 632 g/mol. The molecule has 3 N–H and O–H groups in total. The number of aromatic hydroxyl groups is 1. The Kier molecular flexibility index (Phi) is 8.56. The fraction of sp³-hybridized carbons (Fsp3) is 0.154. The predicted octanol–water partition coefficient (Wildman–Crippen LogP) is 7.27. The molecule has 0 saturated heterocycles. The van der Waals surface area contributed by atoms with E-state index in [-0.39, 0.29) is 43.8 Å². The lowest BCUT2D eigenvalue weighted by Crippen LogP contribution is -2.20. The van der Waals surface area contributed by atoms with Gasteiger partial charge in [0.25, 0.3) is 16.0 Å². The molecule has 0 spiro atoms. The number of hydrogen-bond donors (Lipinski definition) is 3. The summed E-state index contributed by atoms with van der Waals surface area (Å²) in [6.07, 6.45) is -6.73. The van der Waals surface area contributed by atoms with Crippen LogP contribution in [0.5, 0.6) is 5.75 Å². The van der Waals surface area contributed by atoms with Crippen LogP contribution in [-0.4, -0.2) is 39.9 Å². The average Bonchev–Trinajstić information content (AvgIpc) is 3.23. The first-order valence-electron chi connectivity index (χ1n) is 11.6. The van der Waals surface area contributed by atoms with Crippen LogP contribution >= 0.6 is 23.2 Å². The number of nitrogens with one attached hydrogen (secondary N) is 1. The SMILES string of the molecule is Cc1c(C(=O)Nc2ccc(F)c(F)c2O)nn(-c2ccc(Cl)cc2Cl)c1-c1ccc(C(CC(F)(F)F)S(=O)(=O)O)cc1. The van der Waals surface area contributed by atoms with Gasteiger partial charge in [0.15, 0.2) is 17.3 Å². The van der Waals surface area contributed by atoms with E-state index >= 15 is 0 Å². The first kappa shape index (κ1) is 31.2. The third-order valence-electron chi connectivity index (χ3n) is 6.12. The van der Waals surface area contributed by atoms with Crippen LogP contribution in [0.25, 0.3) is 16.9 Å². The number of alkyl halides is 3. The Hall–Kier alpha value is -3.72. The van der Waals surface area contributed by atoms with Gasteiger partial charge in [-0.25, -0.2) is 9.07 Å². The molecule has 16 heteroatoms. The lowest BCUT2D eigenvalue weighted by atomic mass is 10.0. The molecule has 222 valence electrons. The van der Waals surface area contributed by atoms with Crippen LogP contribution in [0.3, 0.4) is 0 Å². The van der Waals surface area contributed by atoms with Gasteiger partial charge in [0, 0.05) is 16.1 Å². The number of carbonyl (C=O) groups excluding carboxylic acids is 1. The highest BCUT2D eigenvalue weighted by molar-refractivity contribution is 7.86. The fourth-order valence-electron chi connectivity index (χ4n) is 4.16. The Bertz CT molecular complexity index is 1800. The summed E-state index contributed by atoms with van der Waals surface area (Å²) in [6.45, 7) is 1.46. The Morgan fingerprint density at radius 2 is 1.71 bits per heavy atom. The van der Waals surface area contributed by atoms with Crippen molar-refractivity contribution in [2.75, 3.05) is 5.32 Å². The molecule has 8 nitrogen and oxygen atoms in total. The van der Waals surface area contributed by atoms with Crippen molar-refractivity contribution < 1.29 is 44.8 Å². The number of hydrogen-bond acceptors (Lipinski definition) is 5. The first-order chi connectivity index (χ1) is 19.5. The topological polar surface area (TPSA) is 122 Å². The third kappa shape index (κ3) is 6.51. The van der Waals surface area contributed by atoms with Gasteiger partial charge in [-0.05, 0) is 42.8 Å². The maximum Gasteiger partial charge on any atom is 0.390 e. The van der Waals surface area contributed by atoms with Crippen molar-refractivity contribution in [3.63, 3.8) is 0 Å². The van der Waals surface area contributed by atoms with E-state index in [0.29, 0.717) is 6.07 Å². The zero-order chi connectivity index (χ0) is 31.1. The molecule has 4 aromatic rings. The predicted molar refractivity (Wildman–Crippen MR) is 145 cm³/mol. The van der Waals surface area contributed by atoms with E-state index in [2.05, 4.69) is 10.4 Å². The van der Waals surface area contributed by atoms with E-state index in [1.165, 1.54) is 41.9 Å². The molecular formula is C26H18Cl2F5N3O5S. The molecule has 1 aromatic heterocycles. The number of nitrogens with zero attached hydrogens (tertiary/aromatic N) is 2. The number of aromatic nitrogens is 2. The Balaban J connectivity index is 1.84. The van der Waals surface area contributed by atoms with Gasteiger partial charge in [0.05, 0.1) is 28.5 Å². The average molecular weight is 650 g/mol. The summed E-state index contributed by atoms with van der Waals surface area (Å²) in [5.41, 5.74) is -0.254. The van der Waals surface area contributed by atoms with Crippen molar-refractivity contribution in [2.45, 2.75) is 24.8 Å². The molecule has 1 amide bonds. The fourth-order valence-corrected chi connectivity index (χ4v) is 5.55. The minimum Gasteiger partial charge on any atom is -0.503 e. The highest BCUT2D eigenvalue weighted by Gasteiger charge is 2.39. The van der Waals surface area contributed by atoms with Gasteiger partial charge < -0.3 is 10.4 Å². The maximum atomic E-state index is 13.8. The molecule has 0 saturated carbocycles. The second kappa shape index (κ2) is 11.5. The summed E-state index contributed by atoms with van der Waals surface area (Å²) in [4.78, 5) is 13.2. The van der Waals surface area contributed by atoms with Crippen molar-refractivity contribution in [2.24, 2.45) is 0 Å². The highest BCUT2D eigenvalue weighted by Crippen LogP contribution is 2.38. The molecule has 4 rings (SSSR count). The van der Waals surface area contributed by atoms with Crippen molar-refractivity contribution in [1.82, 2.24) is 9.78 Å². The van der Waals surface area contributed by atoms with Crippen LogP contribution < -0.4 is 5.32 Å². The number of phenolic OH excluding ortho intramolecular Hbond substituents is 1. The maximum absolute atomic E-state index is 13.8. The van der Waals surface area contributed by atoms with Crippen LogP contribution in [-0.2, 0) is 10.1 Å². The highest BCUT2D eigenvalue weighted by atomic mass is 35.5. The van der Waals surface area contributed by atoms with Crippen molar-refractivity contribution in [3.05, 3.63) is 93.1 Å². The Morgan fingerprint density at radius 1 is 1.07 bits per heavy atom. The molecule has 1 atom stereocenters. The molecule has 0 aliphatic rings. The molecule has 0 bridgehead atoms. The molecule has 3 aromatic carbocycles. The number of carbonyl (C=O) groups is 1. The smallest absolute Gasteiger partial charge is 0.390 e. The molecule has 1 heterocycles. The minimum atomic E-state index is -5.13. The zero-order valence-corrected chi connectivity index (χ0v) is 23.4. The Labute approximate surface area is 245 Å². The second-order valence-corrected chi connectivity index (χ2v) is 11.4. The number of anilines is 1. The van der Waals surface area contributed by atoms with Gasteiger partial charge in [0.2, 0.25) is 5.82 Å². The van der Waals surface area contributed by atoms with E-state index in [0.717, 1.165) is 18.2 Å². The lowest BCUT2D eigenvalue weighted by molar-refractivity contribution is -0.135. The molecule has 0 fully saturated rings. The summed E-state index contributed by atoms with van der Waals surface area (Å²) in [7, 11) is -5.13. The molecule has 42 heavy (non-hydrogen) atoms. The summed E-state index contributed by atoms with van der Waals surface area (Å²) in [5, 5.41) is 14.5. The molecule has 0 aliphatic heterocycles. The lowest BCUT2D eigenvalue weighted by Gasteiger charge is -2.17. The molecule has 0 radical (unpaired) electrons. The van der Waals surface area contributed by atoms with Gasteiger partial charge in [-0.2, -0.15) is 31.1 Å². The van der Waals surface area contributed by atoms with Crippen molar-refractivity contribution >= 4 is 44.9 Å². The number of phenols is 1. The van der Waals surface area contributed by atoms with E-state index < -0.39 is 56.9 Å². The number of halogens is 7.